The molecule has 0 aliphatic carbocycles. The van der Waals surface area contributed by atoms with Gasteiger partial charge in [-0.25, -0.2) is 9.97 Å². The second kappa shape index (κ2) is 10.2. The number of carbonyl (C=O) groups is 1. The Morgan fingerprint density at radius 2 is 1.94 bits per heavy atom. The van der Waals surface area contributed by atoms with Crippen LogP contribution in [0.5, 0.6) is 0 Å². The summed E-state index contributed by atoms with van der Waals surface area (Å²) in [7, 11) is 0. The Bertz CT molecular complexity index is 1250. The molecule has 0 saturated heterocycles. The third kappa shape index (κ3) is 5.52. The molecule has 2 aromatic heterocycles. The fraction of sp³-hybridized carbons (Fsp3) is 0.240. The van der Waals surface area contributed by atoms with Crippen molar-refractivity contribution in [1.29, 1.82) is 0 Å². The smallest absolute Gasteiger partial charge is 0.258 e. The van der Waals surface area contributed by atoms with Gasteiger partial charge >= 0.3 is 0 Å². The molecule has 0 unspecified atom stereocenters. The molecule has 0 saturated carbocycles. The van der Waals surface area contributed by atoms with Crippen molar-refractivity contribution >= 4 is 45.5 Å². The van der Waals surface area contributed by atoms with Gasteiger partial charge in [-0.3, -0.25) is 15.0 Å². The third-order valence-electron chi connectivity index (χ3n) is 5.45. The topological polar surface area (TPSA) is 58.1 Å². The summed E-state index contributed by atoms with van der Waals surface area (Å²) in [5, 5.41) is 6.86. The SMILES string of the molecule is Cc1nc(CSc2ccccc2C(=O)Nc2nc3c(s2)CN(Cc2ccccc2)CC3)cs1. The van der Waals surface area contributed by atoms with Crippen molar-refractivity contribution in [3.05, 3.63) is 92.4 Å². The first-order valence-corrected chi connectivity index (χ1v) is 13.5. The van der Waals surface area contributed by atoms with E-state index in [0.717, 1.165) is 53.1 Å². The highest BCUT2D eigenvalue weighted by molar-refractivity contribution is 7.98. The predicted octanol–water partition coefficient (Wildman–Crippen LogP) is 6.01. The Morgan fingerprint density at radius 1 is 1.12 bits per heavy atom. The van der Waals surface area contributed by atoms with E-state index in [1.165, 1.54) is 10.4 Å². The van der Waals surface area contributed by atoms with Crippen molar-refractivity contribution in [2.75, 3.05) is 11.9 Å². The summed E-state index contributed by atoms with van der Waals surface area (Å²) in [6.07, 6.45) is 0.911. The molecule has 4 aromatic rings. The summed E-state index contributed by atoms with van der Waals surface area (Å²) in [5.74, 6) is 0.636. The van der Waals surface area contributed by atoms with Gasteiger partial charge in [-0.2, -0.15) is 0 Å². The van der Waals surface area contributed by atoms with Crippen molar-refractivity contribution in [2.45, 2.75) is 37.1 Å². The number of aromatic nitrogens is 2. The molecular formula is C25H24N4OS3. The lowest BCUT2D eigenvalue weighted by Gasteiger charge is -2.25. The summed E-state index contributed by atoms with van der Waals surface area (Å²) in [6, 6.07) is 18.3. The average Bonchev–Trinajstić information content (AvgIpc) is 3.43. The molecule has 33 heavy (non-hydrogen) atoms. The summed E-state index contributed by atoms with van der Waals surface area (Å²) in [6.45, 7) is 4.80. The van der Waals surface area contributed by atoms with Crippen LogP contribution in [0.1, 0.15) is 37.2 Å². The number of thioether (sulfide) groups is 1. The number of hydrogen-bond acceptors (Lipinski definition) is 7. The maximum atomic E-state index is 13.1. The highest BCUT2D eigenvalue weighted by Gasteiger charge is 2.22. The fourth-order valence-electron chi connectivity index (χ4n) is 3.85. The van der Waals surface area contributed by atoms with Crippen LogP contribution in [0.25, 0.3) is 0 Å². The van der Waals surface area contributed by atoms with Gasteiger partial charge in [-0.1, -0.05) is 42.5 Å². The lowest BCUT2D eigenvalue weighted by atomic mass is 10.1. The molecule has 5 rings (SSSR count). The van der Waals surface area contributed by atoms with E-state index in [-0.39, 0.29) is 5.91 Å². The fourth-order valence-corrected chi connectivity index (χ4v) is 6.56. The van der Waals surface area contributed by atoms with Crippen molar-refractivity contribution in [2.24, 2.45) is 0 Å². The minimum Gasteiger partial charge on any atom is -0.298 e. The number of benzene rings is 2. The minimum absolute atomic E-state index is 0.111. The van der Waals surface area contributed by atoms with Crippen molar-refractivity contribution in [3.63, 3.8) is 0 Å². The zero-order valence-electron chi connectivity index (χ0n) is 18.3. The first-order valence-electron chi connectivity index (χ1n) is 10.8. The molecule has 1 aliphatic rings. The van der Waals surface area contributed by atoms with Crippen LogP contribution < -0.4 is 5.32 Å². The zero-order valence-corrected chi connectivity index (χ0v) is 20.7. The molecule has 3 heterocycles. The van der Waals surface area contributed by atoms with E-state index in [1.54, 1.807) is 34.4 Å². The van der Waals surface area contributed by atoms with E-state index in [2.05, 4.69) is 44.8 Å². The van der Waals surface area contributed by atoms with E-state index in [4.69, 9.17) is 4.98 Å². The molecule has 0 spiro atoms. The second-order valence-electron chi connectivity index (χ2n) is 7.93. The van der Waals surface area contributed by atoms with Gasteiger partial charge in [-0.15, -0.1) is 34.4 Å². The average molecular weight is 493 g/mol. The highest BCUT2D eigenvalue weighted by atomic mass is 32.2. The van der Waals surface area contributed by atoms with Crippen LogP contribution in [-0.4, -0.2) is 27.3 Å². The standard InChI is InChI=1S/C25H24N4OS3/c1-17-26-19(15-31-17)16-32-22-10-6-5-9-20(22)24(30)28-25-27-21-11-12-29(14-23(21)33-25)13-18-7-3-2-4-8-18/h2-10,15H,11-14,16H2,1H3,(H,27,28,30). The Kier molecular flexibility index (Phi) is 6.87. The van der Waals surface area contributed by atoms with Gasteiger partial charge in [0.05, 0.1) is 22.0 Å². The van der Waals surface area contributed by atoms with Gasteiger partial charge in [0.25, 0.3) is 5.91 Å². The molecule has 1 N–H and O–H groups in total. The number of carbonyl (C=O) groups excluding carboxylic acids is 1. The molecule has 168 valence electrons. The van der Waals surface area contributed by atoms with E-state index in [0.29, 0.717) is 10.7 Å². The molecule has 0 fully saturated rings. The van der Waals surface area contributed by atoms with Gasteiger partial charge in [0.1, 0.15) is 0 Å². The predicted molar refractivity (Wildman–Crippen MR) is 137 cm³/mol. The normalized spacial score (nSPS) is 13.6. The molecule has 1 amide bonds. The number of rotatable bonds is 7. The summed E-state index contributed by atoms with van der Waals surface area (Å²) < 4.78 is 0. The molecule has 5 nitrogen and oxygen atoms in total. The number of nitrogens with zero attached hydrogens (tertiary/aromatic N) is 3. The summed E-state index contributed by atoms with van der Waals surface area (Å²) in [5.41, 5.74) is 4.15. The lowest BCUT2D eigenvalue weighted by molar-refractivity contribution is 0.102. The van der Waals surface area contributed by atoms with E-state index in [9.17, 15) is 4.79 Å². The monoisotopic (exact) mass is 492 g/mol. The molecule has 1 aliphatic heterocycles. The van der Waals surface area contributed by atoms with Crippen molar-refractivity contribution in [3.8, 4) is 0 Å². The first kappa shape index (κ1) is 22.3. The largest absolute Gasteiger partial charge is 0.298 e. The van der Waals surface area contributed by atoms with Crippen LogP contribution in [0.4, 0.5) is 5.13 Å². The lowest BCUT2D eigenvalue weighted by Crippen LogP contribution is -2.29. The number of nitrogens with one attached hydrogen (secondary N) is 1. The van der Waals surface area contributed by atoms with Gasteiger partial charge in [-0.05, 0) is 24.6 Å². The van der Waals surface area contributed by atoms with E-state index >= 15 is 0 Å². The Balaban J connectivity index is 1.24. The number of anilines is 1. The summed E-state index contributed by atoms with van der Waals surface area (Å²) >= 11 is 4.88. The zero-order chi connectivity index (χ0) is 22.6. The van der Waals surface area contributed by atoms with E-state index < -0.39 is 0 Å². The van der Waals surface area contributed by atoms with Crippen LogP contribution in [-0.2, 0) is 25.3 Å². The van der Waals surface area contributed by atoms with Crippen LogP contribution in [0, 0.1) is 6.92 Å². The van der Waals surface area contributed by atoms with Crippen LogP contribution in [0.2, 0.25) is 0 Å². The molecular weight excluding hydrogens is 469 g/mol. The molecule has 2 aromatic carbocycles. The van der Waals surface area contributed by atoms with E-state index in [1.807, 2.05) is 37.3 Å². The number of amides is 1. The number of hydrogen-bond donors (Lipinski definition) is 1. The van der Waals surface area contributed by atoms with Gasteiger partial charge < -0.3 is 0 Å². The maximum absolute atomic E-state index is 13.1. The maximum Gasteiger partial charge on any atom is 0.258 e. The first-order chi connectivity index (χ1) is 16.1. The van der Waals surface area contributed by atoms with Crippen LogP contribution in [0.15, 0.2) is 64.9 Å². The Morgan fingerprint density at radius 3 is 2.76 bits per heavy atom. The number of fused-ring (bicyclic) bond motifs is 1. The van der Waals surface area contributed by atoms with Gasteiger partial charge in [0.15, 0.2) is 5.13 Å². The summed E-state index contributed by atoms with van der Waals surface area (Å²) in [4.78, 5) is 27.0. The molecule has 0 bridgehead atoms. The Labute approximate surface area is 205 Å². The van der Waals surface area contributed by atoms with Gasteiger partial charge in [0.2, 0.25) is 0 Å². The quantitative estimate of drug-likeness (QED) is 0.320. The third-order valence-corrected chi connectivity index (χ3v) is 8.38. The Hall–Kier alpha value is -2.52. The van der Waals surface area contributed by atoms with Crippen LogP contribution in [0.3, 0.4) is 0 Å². The molecule has 0 radical (unpaired) electrons. The second-order valence-corrected chi connectivity index (χ2v) is 11.1. The highest BCUT2D eigenvalue weighted by Crippen LogP contribution is 2.31. The number of thiazole rings is 2. The van der Waals surface area contributed by atoms with Crippen molar-refractivity contribution in [1.82, 2.24) is 14.9 Å². The molecule has 0 atom stereocenters. The minimum atomic E-state index is -0.111. The number of aryl methyl sites for hydroxylation is 1. The van der Waals surface area contributed by atoms with Crippen molar-refractivity contribution < 1.29 is 4.79 Å². The molecule has 8 heteroatoms. The van der Waals surface area contributed by atoms with Crippen LogP contribution >= 0.6 is 34.4 Å². The van der Waals surface area contributed by atoms with Gasteiger partial charge in [0, 0.05) is 47.0 Å².